The van der Waals surface area contributed by atoms with Crippen molar-refractivity contribution in [2.45, 2.75) is 9.79 Å². The number of hydrogen-bond acceptors (Lipinski definition) is 10. The fourth-order valence-corrected chi connectivity index (χ4v) is 4.62. The predicted octanol–water partition coefficient (Wildman–Crippen LogP) is 7.82. The molecule has 0 unspecified atom stereocenters. The number of methoxy groups -OCH3 is 1. The molecule has 5 aromatic rings. The molecule has 0 spiro atoms. The molecular formula is C32H26F2N4O6S2. The maximum absolute atomic E-state index is 13.7. The number of thioether (sulfide) groups is 2. The number of carboxylic acid groups (broad SMARTS) is 1. The van der Waals surface area contributed by atoms with Gasteiger partial charge in [-0.25, -0.2) is 28.5 Å². The third-order valence-electron chi connectivity index (χ3n) is 5.83. The molecule has 2 aromatic carbocycles. The van der Waals surface area contributed by atoms with Gasteiger partial charge >= 0.3 is 5.97 Å². The van der Waals surface area contributed by atoms with Gasteiger partial charge in [-0.1, -0.05) is 12.1 Å². The second kappa shape index (κ2) is 16.2. The second-order valence-electron chi connectivity index (χ2n) is 8.89. The minimum atomic E-state index is -1.29. The van der Waals surface area contributed by atoms with Gasteiger partial charge in [-0.2, -0.15) is 0 Å². The summed E-state index contributed by atoms with van der Waals surface area (Å²) >= 11 is 3.08. The minimum absolute atomic E-state index is 0.00462. The van der Waals surface area contributed by atoms with Crippen molar-refractivity contribution >= 4 is 41.1 Å². The Labute approximate surface area is 271 Å². The number of ether oxygens (including phenoxy) is 3. The van der Waals surface area contributed by atoms with Crippen molar-refractivity contribution < 1.29 is 37.7 Å². The lowest BCUT2D eigenvalue weighted by Crippen LogP contribution is -2.15. The number of amides is 1. The highest BCUT2D eigenvalue weighted by Crippen LogP contribution is 2.29. The van der Waals surface area contributed by atoms with Crippen molar-refractivity contribution in [1.29, 1.82) is 0 Å². The summed E-state index contributed by atoms with van der Waals surface area (Å²) in [5, 5.41) is 11.6. The number of halogens is 2. The Balaban J connectivity index is 0.000000222. The number of anilines is 1. The summed E-state index contributed by atoms with van der Waals surface area (Å²) in [6.07, 6.45) is 7.30. The average molecular weight is 665 g/mol. The molecule has 0 aliphatic rings. The number of rotatable bonds is 10. The Morgan fingerprint density at radius 3 is 1.80 bits per heavy atom. The standard InChI is InChI=1S/C19H16FN3O3S.C13H10FNO3S/c1-25-19-16(7-4-8-21-19)23-17(24)15-9-12(20)11-22-18(15)26-13-5-3-6-14(10-13)27-2;1-19-10-4-2-3-9(6-10)18-12-11(13(16)17)5-8(14)7-15-12/h3-11H,1-2H3,(H,23,24);2-7H,1H3,(H,16,17). The first kappa shape index (κ1) is 33.7. The van der Waals surface area contributed by atoms with Crippen LogP contribution in [0.4, 0.5) is 14.5 Å². The van der Waals surface area contributed by atoms with E-state index in [1.54, 1.807) is 48.2 Å². The van der Waals surface area contributed by atoms with E-state index in [2.05, 4.69) is 20.3 Å². The van der Waals surface area contributed by atoms with Crippen molar-refractivity contribution in [3.05, 3.63) is 114 Å². The molecule has 0 fully saturated rings. The molecule has 0 saturated heterocycles. The van der Waals surface area contributed by atoms with Gasteiger partial charge in [0, 0.05) is 16.0 Å². The molecule has 3 aromatic heterocycles. The first-order valence-corrected chi connectivity index (χ1v) is 15.6. The van der Waals surface area contributed by atoms with Crippen LogP contribution in [-0.2, 0) is 0 Å². The third kappa shape index (κ3) is 9.15. The monoisotopic (exact) mass is 664 g/mol. The zero-order valence-corrected chi connectivity index (χ0v) is 26.2. The van der Waals surface area contributed by atoms with Crippen LogP contribution >= 0.6 is 23.5 Å². The van der Waals surface area contributed by atoms with E-state index in [0.717, 1.165) is 34.3 Å². The SMILES string of the molecule is COc1ncccc1NC(=O)c1cc(F)cnc1Oc1cccc(SC)c1.CSc1cccc(Oc2ncc(F)cc2C(=O)O)c1. The van der Waals surface area contributed by atoms with Gasteiger partial charge in [0.05, 0.1) is 19.5 Å². The number of aromatic nitrogens is 3. The number of carbonyl (C=O) groups is 2. The van der Waals surface area contributed by atoms with Crippen LogP contribution in [0, 0.1) is 11.6 Å². The molecule has 0 saturated carbocycles. The van der Waals surface area contributed by atoms with Crippen LogP contribution in [0.5, 0.6) is 29.1 Å². The molecule has 0 aliphatic heterocycles. The normalized spacial score (nSPS) is 10.3. The summed E-state index contributed by atoms with van der Waals surface area (Å²) in [5.74, 6) is -2.20. The Morgan fingerprint density at radius 2 is 1.28 bits per heavy atom. The fourth-order valence-electron chi connectivity index (χ4n) is 3.72. The molecule has 14 heteroatoms. The minimum Gasteiger partial charge on any atom is -0.480 e. The largest absolute Gasteiger partial charge is 0.480 e. The third-order valence-corrected chi connectivity index (χ3v) is 7.29. The Bertz CT molecular complexity index is 1850. The van der Waals surface area contributed by atoms with Crippen LogP contribution in [0.15, 0.2) is 101 Å². The number of nitrogens with zero attached hydrogens (tertiary/aromatic N) is 3. The molecule has 0 aliphatic carbocycles. The van der Waals surface area contributed by atoms with Gasteiger partial charge in [-0.3, -0.25) is 4.79 Å². The van der Waals surface area contributed by atoms with E-state index in [9.17, 15) is 18.4 Å². The highest BCUT2D eigenvalue weighted by Gasteiger charge is 2.19. The Morgan fingerprint density at radius 1 is 0.739 bits per heavy atom. The van der Waals surface area contributed by atoms with E-state index in [0.29, 0.717) is 17.2 Å². The molecule has 0 bridgehead atoms. The molecule has 46 heavy (non-hydrogen) atoms. The van der Waals surface area contributed by atoms with Gasteiger partial charge < -0.3 is 24.6 Å². The molecule has 5 rings (SSSR count). The predicted molar refractivity (Wildman–Crippen MR) is 171 cm³/mol. The first-order valence-electron chi connectivity index (χ1n) is 13.2. The van der Waals surface area contributed by atoms with E-state index in [1.807, 2.05) is 36.8 Å². The number of hydrogen-bond donors (Lipinski definition) is 2. The number of aromatic carboxylic acids is 1. The maximum atomic E-state index is 13.7. The van der Waals surface area contributed by atoms with E-state index in [4.69, 9.17) is 19.3 Å². The number of carboxylic acids is 1. The second-order valence-corrected chi connectivity index (χ2v) is 10.7. The van der Waals surface area contributed by atoms with E-state index < -0.39 is 23.5 Å². The van der Waals surface area contributed by atoms with Crippen molar-refractivity contribution in [1.82, 2.24) is 15.0 Å². The zero-order chi connectivity index (χ0) is 33.1. The van der Waals surface area contributed by atoms with Crippen LogP contribution in [-0.4, -0.2) is 51.6 Å². The van der Waals surface area contributed by atoms with Crippen molar-refractivity contribution in [2.75, 3.05) is 24.9 Å². The van der Waals surface area contributed by atoms with Crippen molar-refractivity contribution in [2.24, 2.45) is 0 Å². The van der Waals surface area contributed by atoms with Gasteiger partial charge in [0.2, 0.25) is 17.6 Å². The fraction of sp³-hybridized carbons (Fsp3) is 0.0938. The van der Waals surface area contributed by atoms with Crippen molar-refractivity contribution in [3.63, 3.8) is 0 Å². The molecule has 3 heterocycles. The molecule has 1 amide bonds. The van der Waals surface area contributed by atoms with Crippen LogP contribution in [0.2, 0.25) is 0 Å². The van der Waals surface area contributed by atoms with Gasteiger partial charge in [0.25, 0.3) is 5.91 Å². The number of pyridine rings is 3. The number of carbonyl (C=O) groups excluding carboxylic acids is 1. The van der Waals surface area contributed by atoms with Crippen molar-refractivity contribution in [3.8, 4) is 29.1 Å². The zero-order valence-electron chi connectivity index (χ0n) is 24.6. The van der Waals surface area contributed by atoms with Crippen LogP contribution in [0.1, 0.15) is 20.7 Å². The summed E-state index contributed by atoms with van der Waals surface area (Å²) in [7, 11) is 1.44. The summed E-state index contributed by atoms with van der Waals surface area (Å²) < 4.78 is 42.9. The lowest BCUT2D eigenvalue weighted by molar-refractivity contribution is 0.0692. The van der Waals surface area contributed by atoms with Gasteiger partial charge in [-0.15, -0.1) is 23.5 Å². The maximum Gasteiger partial charge on any atom is 0.341 e. The van der Waals surface area contributed by atoms with Crippen LogP contribution in [0.3, 0.4) is 0 Å². The summed E-state index contributed by atoms with van der Waals surface area (Å²) in [4.78, 5) is 37.2. The lowest BCUT2D eigenvalue weighted by Gasteiger charge is -2.12. The van der Waals surface area contributed by atoms with E-state index in [-0.39, 0.29) is 28.8 Å². The van der Waals surface area contributed by atoms with Gasteiger partial charge in [-0.05, 0) is 73.2 Å². The highest BCUT2D eigenvalue weighted by atomic mass is 32.2. The molecule has 0 atom stereocenters. The first-order chi connectivity index (χ1) is 22.2. The van der Waals surface area contributed by atoms with Crippen LogP contribution in [0.25, 0.3) is 0 Å². The quantitative estimate of drug-likeness (QED) is 0.142. The molecule has 2 N–H and O–H groups in total. The molecule has 236 valence electrons. The van der Waals surface area contributed by atoms with E-state index in [1.165, 1.54) is 25.1 Å². The van der Waals surface area contributed by atoms with Gasteiger partial charge in [0.15, 0.2) is 0 Å². The lowest BCUT2D eigenvalue weighted by atomic mass is 10.2. The summed E-state index contributed by atoms with van der Waals surface area (Å²) in [5.41, 5.74) is -0.00499. The Hall–Kier alpha value is -5.21. The topological polar surface area (TPSA) is 133 Å². The summed E-state index contributed by atoms with van der Waals surface area (Å²) in [6, 6.07) is 19.6. The number of benzene rings is 2. The van der Waals surface area contributed by atoms with Crippen LogP contribution < -0.4 is 19.5 Å². The molecular weight excluding hydrogens is 639 g/mol. The Kier molecular flexibility index (Phi) is 11.9. The average Bonchev–Trinajstić information content (AvgIpc) is 3.07. The smallest absolute Gasteiger partial charge is 0.341 e. The molecule has 0 radical (unpaired) electrons. The van der Waals surface area contributed by atoms with E-state index >= 15 is 0 Å². The number of nitrogens with one attached hydrogen (secondary N) is 1. The molecule has 10 nitrogen and oxygen atoms in total. The van der Waals surface area contributed by atoms with Gasteiger partial charge in [0.1, 0.15) is 39.9 Å². The highest BCUT2D eigenvalue weighted by molar-refractivity contribution is 7.98. The summed E-state index contributed by atoms with van der Waals surface area (Å²) in [6.45, 7) is 0.